The predicted molar refractivity (Wildman–Crippen MR) is 103 cm³/mol. The van der Waals surface area contributed by atoms with E-state index >= 15 is 0 Å². The largest absolute Gasteiger partial charge is 0.462 e. The quantitative estimate of drug-likeness (QED) is 0.585. The van der Waals surface area contributed by atoms with Crippen LogP contribution in [0.15, 0.2) is 11.6 Å². The van der Waals surface area contributed by atoms with E-state index in [0.717, 1.165) is 38.5 Å². The molecule has 4 rings (SSSR count). The maximum Gasteiger partial charge on any atom is 0.302 e. The van der Waals surface area contributed by atoms with Gasteiger partial charge in [0.15, 0.2) is 0 Å². The second-order valence-electron chi connectivity index (χ2n) is 10.1. The summed E-state index contributed by atoms with van der Waals surface area (Å²) in [5, 5.41) is 11.1. The molecule has 0 spiro atoms. The van der Waals surface area contributed by atoms with Crippen LogP contribution in [0.4, 0.5) is 0 Å². The first-order chi connectivity index (χ1) is 12.7. The first-order valence-corrected chi connectivity index (χ1v) is 10.7. The second-order valence-corrected chi connectivity index (χ2v) is 10.1. The van der Waals surface area contributed by atoms with Crippen molar-refractivity contribution in [3.8, 4) is 0 Å². The maximum atomic E-state index is 12.2. The van der Waals surface area contributed by atoms with Gasteiger partial charge in [0.1, 0.15) is 11.9 Å². The molecule has 3 fully saturated rings. The number of aliphatic hydroxyl groups is 1. The van der Waals surface area contributed by atoms with Gasteiger partial charge in [-0.1, -0.05) is 25.5 Å². The number of ketones is 1. The highest BCUT2D eigenvalue weighted by Crippen LogP contribution is 2.66. The lowest BCUT2D eigenvalue weighted by Crippen LogP contribution is -2.56. The summed E-state index contributed by atoms with van der Waals surface area (Å²) >= 11 is 0. The number of carbonyl (C=O) groups is 2. The number of Topliss-reactive ketones (excluding diaryl/α,β-unsaturated/α-hetero) is 1. The van der Waals surface area contributed by atoms with Gasteiger partial charge in [-0.3, -0.25) is 9.59 Å². The molecule has 0 bridgehead atoms. The summed E-state index contributed by atoms with van der Waals surface area (Å²) in [6.45, 7) is 7.80. The SMILES string of the molecule is CC(=O)OC1CC2=CC[C@H]3[C@@H]4CC[C@H](C(C)=O)[C@@]4(C)CC[C@@H]3[C@@]2(C)C(O)C1. The van der Waals surface area contributed by atoms with Crippen LogP contribution in [-0.2, 0) is 14.3 Å². The monoisotopic (exact) mass is 374 g/mol. The Morgan fingerprint density at radius 1 is 1.15 bits per heavy atom. The van der Waals surface area contributed by atoms with Crippen LogP contribution in [0.25, 0.3) is 0 Å². The fraction of sp³-hybridized carbons (Fsp3) is 0.826. The number of carbonyl (C=O) groups excluding carboxylic acids is 2. The number of hydrogen-bond acceptors (Lipinski definition) is 4. The van der Waals surface area contributed by atoms with E-state index < -0.39 is 6.10 Å². The zero-order valence-electron chi connectivity index (χ0n) is 17.2. The number of esters is 1. The third kappa shape index (κ3) is 2.73. The zero-order valence-corrected chi connectivity index (χ0v) is 17.2. The highest BCUT2D eigenvalue weighted by atomic mass is 16.5. The Labute approximate surface area is 162 Å². The average molecular weight is 375 g/mol. The van der Waals surface area contributed by atoms with Gasteiger partial charge in [0, 0.05) is 31.1 Å². The molecule has 0 aliphatic heterocycles. The number of hydrogen-bond donors (Lipinski definition) is 1. The van der Waals surface area contributed by atoms with Crippen molar-refractivity contribution in [2.75, 3.05) is 0 Å². The molecular weight excluding hydrogens is 340 g/mol. The Balaban J connectivity index is 1.63. The predicted octanol–water partition coefficient (Wildman–Crippen LogP) is 4.06. The van der Waals surface area contributed by atoms with Gasteiger partial charge in [-0.2, -0.15) is 0 Å². The molecule has 1 N–H and O–H groups in total. The molecule has 0 saturated heterocycles. The Bertz CT molecular complexity index is 682. The van der Waals surface area contributed by atoms with Gasteiger partial charge in [0.2, 0.25) is 0 Å². The number of allylic oxidation sites excluding steroid dienone is 1. The van der Waals surface area contributed by atoms with E-state index in [-0.39, 0.29) is 28.8 Å². The first kappa shape index (κ1) is 19.2. The standard InChI is InChI=1S/C23H34O4/c1-13(24)18-7-8-19-17-6-5-15-11-16(27-14(2)25)12-21(26)23(15,4)20(17)9-10-22(18,19)3/h5,16-21,26H,6-12H2,1-4H3/t16?,17-,18+,19-,20-,21?,22+,23-/m0/s1. The lowest BCUT2D eigenvalue weighted by Gasteiger charge is -2.59. The summed E-state index contributed by atoms with van der Waals surface area (Å²) in [7, 11) is 0. The molecule has 4 aliphatic rings. The molecule has 150 valence electrons. The van der Waals surface area contributed by atoms with Crippen LogP contribution >= 0.6 is 0 Å². The minimum Gasteiger partial charge on any atom is -0.462 e. The summed E-state index contributed by atoms with van der Waals surface area (Å²) in [5.74, 6) is 1.92. The smallest absolute Gasteiger partial charge is 0.302 e. The maximum absolute atomic E-state index is 12.2. The molecule has 0 amide bonds. The lowest BCUT2D eigenvalue weighted by atomic mass is 9.46. The van der Waals surface area contributed by atoms with E-state index in [2.05, 4.69) is 19.9 Å². The fourth-order valence-electron chi connectivity index (χ4n) is 7.68. The van der Waals surface area contributed by atoms with Crippen molar-refractivity contribution in [1.82, 2.24) is 0 Å². The van der Waals surface area contributed by atoms with Crippen molar-refractivity contribution in [2.45, 2.75) is 84.8 Å². The van der Waals surface area contributed by atoms with Crippen molar-refractivity contribution in [1.29, 1.82) is 0 Å². The Morgan fingerprint density at radius 2 is 1.89 bits per heavy atom. The Morgan fingerprint density at radius 3 is 2.56 bits per heavy atom. The third-order valence-corrected chi connectivity index (χ3v) is 8.99. The molecule has 0 aromatic rings. The van der Waals surface area contributed by atoms with Crippen molar-refractivity contribution in [3.63, 3.8) is 0 Å². The van der Waals surface area contributed by atoms with E-state index in [9.17, 15) is 14.7 Å². The van der Waals surface area contributed by atoms with Crippen LogP contribution in [0, 0.1) is 34.5 Å². The summed E-state index contributed by atoms with van der Waals surface area (Å²) in [4.78, 5) is 23.6. The van der Waals surface area contributed by atoms with Crippen molar-refractivity contribution < 1.29 is 19.4 Å². The van der Waals surface area contributed by atoms with Crippen LogP contribution in [-0.4, -0.2) is 29.1 Å². The number of aliphatic hydroxyl groups excluding tert-OH is 1. The molecule has 0 aromatic carbocycles. The van der Waals surface area contributed by atoms with Gasteiger partial charge in [-0.05, 0) is 62.2 Å². The molecule has 0 radical (unpaired) electrons. The molecule has 4 nitrogen and oxygen atoms in total. The Hall–Kier alpha value is -1.16. The minimum atomic E-state index is -0.469. The highest BCUT2D eigenvalue weighted by Gasteiger charge is 2.61. The molecule has 4 aliphatic carbocycles. The number of ether oxygens (including phenoxy) is 1. The molecular formula is C23H34O4. The fourth-order valence-corrected chi connectivity index (χ4v) is 7.68. The first-order valence-electron chi connectivity index (χ1n) is 10.7. The van der Waals surface area contributed by atoms with Gasteiger partial charge >= 0.3 is 5.97 Å². The van der Waals surface area contributed by atoms with Gasteiger partial charge < -0.3 is 9.84 Å². The molecule has 4 heteroatoms. The van der Waals surface area contributed by atoms with Crippen molar-refractivity contribution in [2.24, 2.45) is 34.5 Å². The van der Waals surface area contributed by atoms with E-state index in [1.165, 1.54) is 12.5 Å². The number of fused-ring (bicyclic) bond motifs is 5. The normalized spacial score (nSPS) is 48.7. The van der Waals surface area contributed by atoms with Gasteiger partial charge in [0.25, 0.3) is 0 Å². The summed E-state index contributed by atoms with van der Waals surface area (Å²) in [6, 6.07) is 0. The topological polar surface area (TPSA) is 63.6 Å². The molecule has 8 atom stereocenters. The molecule has 0 aromatic heterocycles. The second kappa shape index (κ2) is 6.43. The highest BCUT2D eigenvalue weighted by molar-refractivity contribution is 5.79. The zero-order chi connectivity index (χ0) is 19.6. The Kier molecular flexibility index (Phi) is 4.57. The lowest BCUT2D eigenvalue weighted by molar-refractivity contribution is -0.155. The summed E-state index contributed by atoms with van der Waals surface area (Å²) in [5.41, 5.74) is 1.21. The van der Waals surface area contributed by atoms with Crippen LogP contribution in [0.1, 0.15) is 72.6 Å². The van der Waals surface area contributed by atoms with Gasteiger partial charge in [0.05, 0.1) is 6.10 Å². The van der Waals surface area contributed by atoms with Crippen LogP contribution in [0.3, 0.4) is 0 Å². The van der Waals surface area contributed by atoms with Crippen LogP contribution in [0.2, 0.25) is 0 Å². The van der Waals surface area contributed by atoms with Crippen LogP contribution < -0.4 is 0 Å². The minimum absolute atomic E-state index is 0.134. The molecule has 27 heavy (non-hydrogen) atoms. The van der Waals surface area contributed by atoms with Gasteiger partial charge in [-0.15, -0.1) is 0 Å². The molecule has 3 saturated carbocycles. The van der Waals surface area contributed by atoms with Crippen LogP contribution in [0.5, 0.6) is 0 Å². The molecule has 2 unspecified atom stereocenters. The van der Waals surface area contributed by atoms with Crippen molar-refractivity contribution in [3.05, 3.63) is 11.6 Å². The van der Waals surface area contributed by atoms with E-state index in [4.69, 9.17) is 4.74 Å². The van der Waals surface area contributed by atoms with Gasteiger partial charge in [-0.25, -0.2) is 0 Å². The number of rotatable bonds is 2. The summed E-state index contributed by atoms with van der Waals surface area (Å²) < 4.78 is 5.44. The molecule has 0 heterocycles. The average Bonchev–Trinajstić information content (AvgIpc) is 2.93. The summed E-state index contributed by atoms with van der Waals surface area (Å²) in [6.07, 6.45) is 8.36. The van der Waals surface area contributed by atoms with E-state index in [1.54, 1.807) is 6.92 Å². The third-order valence-electron chi connectivity index (χ3n) is 8.99. The van der Waals surface area contributed by atoms with E-state index in [1.807, 2.05) is 0 Å². The van der Waals surface area contributed by atoms with Crippen molar-refractivity contribution >= 4 is 11.8 Å². The van der Waals surface area contributed by atoms with E-state index in [0.29, 0.717) is 30.0 Å².